The van der Waals surface area contributed by atoms with E-state index in [4.69, 9.17) is 11.6 Å². The predicted octanol–water partition coefficient (Wildman–Crippen LogP) is 2.56. The second-order valence-electron chi connectivity index (χ2n) is 4.43. The lowest BCUT2D eigenvalue weighted by atomic mass is 10.4. The van der Waals surface area contributed by atoms with E-state index < -0.39 is 15.7 Å². The van der Waals surface area contributed by atoms with Gasteiger partial charge in [-0.1, -0.05) is 29.9 Å². The molecule has 1 N–H and O–H groups in total. The van der Waals surface area contributed by atoms with E-state index in [1.54, 1.807) is 0 Å². The number of hydrogen-bond acceptors (Lipinski definition) is 6. The number of rotatable bonds is 6. The van der Waals surface area contributed by atoms with Crippen molar-refractivity contribution in [2.24, 2.45) is 0 Å². The van der Waals surface area contributed by atoms with Gasteiger partial charge in [0.05, 0.1) is 10.6 Å². The number of sulfone groups is 1. The molecule has 0 aliphatic rings. The van der Waals surface area contributed by atoms with E-state index in [0.717, 1.165) is 11.4 Å². The summed E-state index contributed by atoms with van der Waals surface area (Å²) in [7, 11) is -3.52. The molecule has 118 valence electrons. The third kappa shape index (κ3) is 4.49. The number of benzene rings is 1. The number of nitrogens with one attached hydrogen (secondary N) is 1. The summed E-state index contributed by atoms with van der Waals surface area (Å²) in [4.78, 5) is 11.9. The fourth-order valence-corrected chi connectivity index (χ4v) is 3.68. The second-order valence-corrected chi connectivity index (χ2v) is 8.03. The molecule has 1 amide bonds. The van der Waals surface area contributed by atoms with Crippen LogP contribution in [0.15, 0.2) is 29.2 Å². The zero-order chi connectivity index (χ0) is 16.2. The molecular formula is C13H14ClN3O3S2. The van der Waals surface area contributed by atoms with Gasteiger partial charge >= 0.3 is 0 Å². The molecule has 2 aromatic rings. The smallest absolute Gasteiger partial charge is 0.227 e. The third-order valence-corrected chi connectivity index (χ3v) is 5.75. The first-order valence-corrected chi connectivity index (χ1v) is 9.36. The molecule has 0 atom stereocenters. The van der Waals surface area contributed by atoms with Crippen molar-refractivity contribution in [1.29, 1.82) is 0 Å². The number of aromatic nitrogens is 2. The number of amides is 1. The third-order valence-electron chi connectivity index (χ3n) is 2.79. The first-order chi connectivity index (χ1) is 10.4. The van der Waals surface area contributed by atoms with E-state index in [2.05, 4.69) is 15.5 Å². The van der Waals surface area contributed by atoms with Crippen LogP contribution < -0.4 is 5.32 Å². The largest absolute Gasteiger partial charge is 0.301 e. The van der Waals surface area contributed by atoms with Crippen molar-refractivity contribution in [3.8, 4) is 0 Å². The van der Waals surface area contributed by atoms with Crippen molar-refractivity contribution in [3.63, 3.8) is 0 Å². The molecule has 0 aliphatic carbocycles. The zero-order valence-corrected chi connectivity index (χ0v) is 14.1. The topological polar surface area (TPSA) is 89.0 Å². The summed E-state index contributed by atoms with van der Waals surface area (Å²) in [6, 6.07) is 5.85. The summed E-state index contributed by atoms with van der Waals surface area (Å²) in [5.41, 5.74) is 0. The molecule has 22 heavy (non-hydrogen) atoms. The molecule has 0 aliphatic heterocycles. The molecule has 0 saturated heterocycles. The van der Waals surface area contributed by atoms with Gasteiger partial charge in [-0.25, -0.2) is 8.42 Å². The second kappa shape index (κ2) is 7.17. The highest BCUT2D eigenvalue weighted by molar-refractivity contribution is 7.91. The van der Waals surface area contributed by atoms with E-state index in [-0.39, 0.29) is 17.1 Å². The molecular weight excluding hydrogens is 346 g/mol. The Hall–Kier alpha value is -1.51. The van der Waals surface area contributed by atoms with Crippen LogP contribution in [0.5, 0.6) is 0 Å². The Bertz CT molecular complexity index is 757. The first-order valence-electron chi connectivity index (χ1n) is 6.51. The SMILES string of the molecule is CCc1nnc(NC(=O)CCS(=O)(=O)c2ccc(Cl)cc2)s1. The van der Waals surface area contributed by atoms with Crippen molar-refractivity contribution in [2.45, 2.75) is 24.7 Å². The van der Waals surface area contributed by atoms with Gasteiger partial charge in [-0.15, -0.1) is 10.2 Å². The number of aryl methyl sites for hydroxylation is 1. The molecule has 9 heteroatoms. The first kappa shape index (κ1) is 16.9. The van der Waals surface area contributed by atoms with E-state index in [9.17, 15) is 13.2 Å². The number of carbonyl (C=O) groups is 1. The van der Waals surface area contributed by atoms with Crippen LogP contribution in [0.4, 0.5) is 5.13 Å². The molecule has 0 saturated carbocycles. The van der Waals surface area contributed by atoms with E-state index in [0.29, 0.717) is 10.2 Å². The van der Waals surface area contributed by atoms with E-state index in [1.807, 2.05) is 6.92 Å². The number of hydrogen-bond donors (Lipinski definition) is 1. The van der Waals surface area contributed by atoms with Gasteiger partial charge in [-0.05, 0) is 30.7 Å². The van der Waals surface area contributed by atoms with Gasteiger partial charge in [0.1, 0.15) is 5.01 Å². The van der Waals surface area contributed by atoms with Gasteiger partial charge in [-0.3, -0.25) is 4.79 Å². The summed E-state index contributed by atoms with van der Waals surface area (Å²) >= 11 is 7.00. The molecule has 0 radical (unpaired) electrons. The van der Waals surface area contributed by atoms with Gasteiger partial charge in [-0.2, -0.15) is 0 Å². The Balaban J connectivity index is 1.93. The molecule has 1 heterocycles. The summed E-state index contributed by atoms with van der Waals surface area (Å²) in [5, 5.41) is 11.9. The monoisotopic (exact) mass is 359 g/mol. The van der Waals surface area contributed by atoms with Gasteiger partial charge in [0.2, 0.25) is 11.0 Å². The van der Waals surface area contributed by atoms with E-state index in [1.165, 1.54) is 35.6 Å². The lowest BCUT2D eigenvalue weighted by Crippen LogP contribution is -2.17. The average molecular weight is 360 g/mol. The minimum Gasteiger partial charge on any atom is -0.301 e. The fourth-order valence-electron chi connectivity index (χ4n) is 1.62. The summed E-state index contributed by atoms with van der Waals surface area (Å²) in [6.07, 6.45) is 0.588. The standard InChI is InChI=1S/C13H14ClN3O3S2/c1-2-12-16-17-13(21-12)15-11(18)7-8-22(19,20)10-5-3-9(14)4-6-10/h3-6H,2,7-8H2,1H3,(H,15,17,18). The summed E-state index contributed by atoms with van der Waals surface area (Å²) < 4.78 is 24.2. The molecule has 6 nitrogen and oxygen atoms in total. The molecule has 1 aromatic carbocycles. The van der Waals surface area contributed by atoms with Gasteiger partial charge in [0.25, 0.3) is 0 Å². The normalized spacial score (nSPS) is 11.4. The average Bonchev–Trinajstić information content (AvgIpc) is 2.93. The van der Waals surface area contributed by atoms with Crippen molar-refractivity contribution in [3.05, 3.63) is 34.3 Å². The van der Waals surface area contributed by atoms with Crippen molar-refractivity contribution < 1.29 is 13.2 Å². The van der Waals surface area contributed by atoms with Gasteiger partial charge in [0, 0.05) is 11.4 Å². The fraction of sp³-hybridized carbons (Fsp3) is 0.308. The highest BCUT2D eigenvalue weighted by atomic mass is 35.5. The maximum atomic E-state index is 12.1. The van der Waals surface area contributed by atoms with E-state index >= 15 is 0 Å². The maximum absolute atomic E-state index is 12.1. The minimum atomic E-state index is -3.52. The summed E-state index contributed by atoms with van der Waals surface area (Å²) in [6.45, 7) is 1.94. The van der Waals surface area contributed by atoms with Crippen LogP contribution in [0, 0.1) is 0 Å². The number of nitrogens with zero attached hydrogens (tertiary/aromatic N) is 2. The minimum absolute atomic E-state index is 0.147. The molecule has 2 rings (SSSR count). The van der Waals surface area contributed by atoms with Crippen molar-refractivity contribution in [2.75, 3.05) is 11.1 Å². The quantitative estimate of drug-likeness (QED) is 0.856. The van der Waals surface area contributed by atoms with Crippen molar-refractivity contribution >= 4 is 43.8 Å². The lowest BCUT2D eigenvalue weighted by molar-refractivity contribution is -0.115. The highest BCUT2D eigenvalue weighted by Gasteiger charge is 2.17. The molecule has 0 bridgehead atoms. The van der Waals surface area contributed by atoms with Crippen LogP contribution in [0.1, 0.15) is 18.4 Å². The molecule has 1 aromatic heterocycles. The van der Waals surface area contributed by atoms with Crippen LogP contribution in [-0.4, -0.2) is 30.3 Å². The van der Waals surface area contributed by atoms with Crippen molar-refractivity contribution in [1.82, 2.24) is 10.2 Å². The Morgan fingerprint density at radius 3 is 2.55 bits per heavy atom. The van der Waals surface area contributed by atoms with Crippen LogP contribution in [-0.2, 0) is 21.1 Å². The zero-order valence-electron chi connectivity index (χ0n) is 11.7. The molecule has 0 spiro atoms. The van der Waals surface area contributed by atoms with Crippen LogP contribution in [0.25, 0.3) is 0 Å². The van der Waals surface area contributed by atoms with Crippen LogP contribution in [0.3, 0.4) is 0 Å². The van der Waals surface area contributed by atoms with Gasteiger partial charge in [0.15, 0.2) is 9.84 Å². The molecule has 0 fully saturated rings. The molecule has 0 unspecified atom stereocenters. The predicted molar refractivity (Wildman–Crippen MR) is 86.0 cm³/mol. The lowest BCUT2D eigenvalue weighted by Gasteiger charge is -2.04. The number of halogens is 1. The Labute approximate surface area is 137 Å². The Kier molecular flexibility index (Phi) is 5.49. The summed E-state index contributed by atoms with van der Waals surface area (Å²) in [5.74, 6) is -0.684. The number of anilines is 1. The number of carbonyl (C=O) groups excluding carboxylic acids is 1. The maximum Gasteiger partial charge on any atom is 0.227 e. The highest BCUT2D eigenvalue weighted by Crippen LogP contribution is 2.18. The Morgan fingerprint density at radius 1 is 1.27 bits per heavy atom. The van der Waals surface area contributed by atoms with Crippen LogP contribution in [0.2, 0.25) is 5.02 Å². The van der Waals surface area contributed by atoms with Crippen LogP contribution >= 0.6 is 22.9 Å². The Morgan fingerprint density at radius 2 is 1.95 bits per heavy atom. The van der Waals surface area contributed by atoms with Gasteiger partial charge < -0.3 is 5.32 Å².